The van der Waals surface area contributed by atoms with Crippen LogP contribution < -0.4 is 14.8 Å². The monoisotopic (exact) mass is 429 g/mol. The summed E-state index contributed by atoms with van der Waals surface area (Å²) in [4.78, 5) is 0. The van der Waals surface area contributed by atoms with Crippen molar-refractivity contribution in [2.45, 2.75) is 16.5 Å². The van der Waals surface area contributed by atoms with Crippen molar-refractivity contribution in [3.8, 4) is 11.5 Å². The lowest BCUT2D eigenvalue weighted by Crippen LogP contribution is -2.04. The normalized spacial score (nSPS) is 10.7. The fourth-order valence-electron chi connectivity index (χ4n) is 2.10. The van der Waals surface area contributed by atoms with Crippen LogP contribution in [0.5, 0.6) is 11.5 Å². The number of methoxy groups -OCH3 is 2. The molecule has 2 aromatic heterocycles. The molecule has 11 heteroatoms. The van der Waals surface area contributed by atoms with Crippen molar-refractivity contribution in [2.24, 2.45) is 0 Å². The average molecular weight is 430 g/mol. The van der Waals surface area contributed by atoms with Crippen LogP contribution in [-0.4, -0.2) is 40.5 Å². The van der Waals surface area contributed by atoms with Crippen LogP contribution in [0.2, 0.25) is 4.34 Å². The molecule has 7 nitrogen and oxygen atoms in total. The van der Waals surface area contributed by atoms with E-state index < -0.39 is 0 Å². The summed E-state index contributed by atoms with van der Waals surface area (Å²) < 4.78 is 15.9. The molecule has 1 aromatic carbocycles. The van der Waals surface area contributed by atoms with Crippen LogP contribution in [-0.2, 0) is 12.2 Å². The summed E-state index contributed by atoms with van der Waals surface area (Å²) in [5, 5.41) is 16.4. The molecule has 0 saturated heterocycles. The van der Waals surface area contributed by atoms with E-state index in [1.54, 1.807) is 26.0 Å². The van der Waals surface area contributed by atoms with Gasteiger partial charge in [-0.25, -0.2) is 0 Å². The van der Waals surface area contributed by atoms with Crippen LogP contribution >= 0.6 is 46.2 Å². The molecule has 1 N–H and O–H groups in total. The Morgan fingerprint density at radius 2 is 2.00 bits per heavy atom. The molecule has 0 atom stereocenters. The van der Waals surface area contributed by atoms with Crippen molar-refractivity contribution in [1.82, 2.24) is 19.8 Å². The number of thioether (sulfide) groups is 1. The molecule has 0 bridgehead atoms. The van der Waals surface area contributed by atoms with E-state index in [0.29, 0.717) is 10.1 Å². The van der Waals surface area contributed by atoms with Crippen LogP contribution in [0.1, 0.15) is 11.3 Å². The van der Waals surface area contributed by atoms with Gasteiger partial charge in [-0.3, -0.25) is 0 Å². The number of ether oxygens (including phenoxy) is 2. The number of nitrogens with one attached hydrogen (secondary N) is 1. The highest BCUT2D eigenvalue weighted by Crippen LogP contribution is 2.31. The average Bonchev–Trinajstić information content (AvgIpc) is 3.28. The Balaban J connectivity index is 1.48. The van der Waals surface area contributed by atoms with Crippen LogP contribution in [0, 0.1) is 0 Å². The Morgan fingerprint density at radius 1 is 1.15 bits per heavy atom. The van der Waals surface area contributed by atoms with Gasteiger partial charge in [0.2, 0.25) is 5.13 Å². The van der Waals surface area contributed by atoms with Gasteiger partial charge in [-0.1, -0.05) is 45.3 Å². The Morgan fingerprint density at radius 3 is 2.73 bits per heavy atom. The van der Waals surface area contributed by atoms with Gasteiger partial charge in [0.05, 0.1) is 14.2 Å². The van der Waals surface area contributed by atoms with Crippen molar-refractivity contribution in [1.29, 1.82) is 0 Å². The first kappa shape index (κ1) is 19.2. The van der Waals surface area contributed by atoms with E-state index in [1.807, 2.05) is 18.2 Å². The Bertz CT molecular complexity index is 857. The zero-order valence-corrected chi connectivity index (χ0v) is 17.3. The number of benzene rings is 1. The van der Waals surface area contributed by atoms with Crippen LogP contribution in [0.3, 0.4) is 0 Å². The third-order valence-corrected chi connectivity index (χ3v) is 6.40. The lowest BCUT2D eigenvalue weighted by Gasteiger charge is -2.09. The molecule has 3 aromatic rings. The Kier molecular flexibility index (Phi) is 6.89. The first-order valence-corrected chi connectivity index (χ1v) is 10.5. The van der Waals surface area contributed by atoms with Gasteiger partial charge < -0.3 is 14.8 Å². The van der Waals surface area contributed by atoms with E-state index in [2.05, 4.69) is 25.1 Å². The highest BCUT2D eigenvalue weighted by molar-refractivity contribution is 8.00. The fourth-order valence-corrected chi connectivity index (χ4v) is 4.61. The number of nitrogens with zero attached hydrogens (tertiary/aromatic N) is 4. The van der Waals surface area contributed by atoms with Crippen molar-refractivity contribution in [3.63, 3.8) is 0 Å². The summed E-state index contributed by atoms with van der Waals surface area (Å²) in [7, 11) is 3.26. The molecule has 0 aliphatic carbocycles. The number of rotatable bonds is 9. The quantitative estimate of drug-likeness (QED) is 0.511. The SMILES string of the molecule is COc1ccc(CCNc2nnc(SCc3nnsc3Cl)s2)cc1OC. The first-order chi connectivity index (χ1) is 12.7. The molecular formula is C15H16ClN5O2S3. The first-order valence-electron chi connectivity index (χ1n) is 7.57. The lowest BCUT2D eigenvalue weighted by atomic mass is 10.1. The molecule has 138 valence electrons. The van der Waals surface area contributed by atoms with Crippen molar-refractivity contribution in [3.05, 3.63) is 33.8 Å². The van der Waals surface area contributed by atoms with Gasteiger partial charge in [-0.2, -0.15) is 0 Å². The van der Waals surface area contributed by atoms with Gasteiger partial charge >= 0.3 is 0 Å². The predicted molar refractivity (Wildman–Crippen MR) is 106 cm³/mol. The van der Waals surface area contributed by atoms with Crippen LogP contribution in [0.25, 0.3) is 0 Å². The molecule has 26 heavy (non-hydrogen) atoms. The number of hydrogen-bond donors (Lipinski definition) is 1. The largest absolute Gasteiger partial charge is 0.493 e. The maximum atomic E-state index is 6.00. The minimum atomic E-state index is 0.621. The summed E-state index contributed by atoms with van der Waals surface area (Å²) in [5.74, 6) is 2.09. The van der Waals surface area contributed by atoms with E-state index in [9.17, 15) is 0 Å². The second-order valence-electron chi connectivity index (χ2n) is 5.02. The maximum absolute atomic E-state index is 6.00. The molecule has 3 rings (SSSR count). The summed E-state index contributed by atoms with van der Waals surface area (Å²) >= 11 is 10.2. The van der Waals surface area contributed by atoms with Gasteiger partial charge in [0.25, 0.3) is 0 Å². The molecule has 0 aliphatic rings. The van der Waals surface area contributed by atoms with Crippen molar-refractivity contribution >= 4 is 51.4 Å². The molecular weight excluding hydrogens is 414 g/mol. The molecule has 0 amide bonds. The van der Waals surface area contributed by atoms with E-state index in [-0.39, 0.29) is 0 Å². The molecule has 0 saturated carbocycles. The molecule has 0 fully saturated rings. The Labute approximate surface area is 168 Å². The van der Waals surface area contributed by atoms with Gasteiger partial charge in [0.1, 0.15) is 10.0 Å². The van der Waals surface area contributed by atoms with Crippen LogP contribution in [0.15, 0.2) is 22.5 Å². The predicted octanol–water partition coefficient (Wildman–Crippen LogP) is 4.01. The van der Waals surface area contributed by atoms with E-state index >= 15 is 0 Å². The van der Waals surface area contributed by atoms with Crippen LogP contribution in [0.4, 0.5) is 5.13 Å². The minimum Gasteiger partial charge on any atom is -0.493 e. The molecule has 0 unspecified atom stereocenters. The van der Waals surface area contributed by atoms with Crippen molar-refractivity contribution < 1.29 is 9.47 Å². The molecule has 2 heterocycles. The topological polar surface area (TPSA) is 82.0 Å². The lowest BCUT2D eigenvalue weighted by molar-refractivity contribution is 0.354. The second-order valence-corrected chi connectivity index (χ2v) is 8.58. The number of aromatic nitrogens is 4. The second kappa shape index (κ2) is 9.36. The number of halogens is 1. The Hall–Kier alpha value is -1.62. The van der Waals surface area contributed by atoms with E-state index in [0.717, 1.165) is 45.2 Å². The summed E-state index contributed by atoms with van der Waals surface area (Å²) in [6, 6.07) is 5.91. The van der Waals surface area contributed by atoms with Gasteiger partial charge in [-0.05, 0) is 24.1 Å². The van der Waals surface area contributed by atoms with Gasteiger partial charge in [-0.15, -0.1) is 15.3 Å². The van der Waals surface area contributed by atoms with Gasteiger partial charge in [0, 0.05) is 23.8 Å². The maximum Gasteiger partial charge on any atom is 0.206 e. The standard InChI is InChI=1S/C15H16ClN5O2S3/c1-22-11-4-3-9(7-12(11)23-2)5-6-17-14-19-20-15(25-14)24-8-10-13(16)26-21-18-10/h3-4,7H,5-6,8H2,1-2H3,(H,17,19). The minimum absolute atomic E-state index is 0.621. The highest BCUT2D eigenvalue weighted by Gasteiger charge is 2.10. The fraction of sp³-hybridized carbons (Fsp3) is 0.333. The number of hydrogen-bond acceptors (Lipinski definition) is 10. The smallest absolute Gasteiger partial charge is 0.206 e. The third-order valence-electron chi connectivity index (χ3n) is 3.39. The zero-order chi connectivity index (χ0) is 18.4. The van der Waals surface area contributed by atoms with Crippen molar-refractivity contribution in [2.75, 3.05) is 26.1 Å². The molecule has 0 aliphatic heterocycles. The third kappa shape index (κ3) is 4.97. The summed E-state index contributed by atoms with van der Waals surface area (Å²) in [6.45, 7) is 0.747. The van der Waals surface area contributed by atoms with Gasteiger partial charge in [0.15, 0.2) is 15.8 Å². The highest BCUT2D eigenvalue weighted by atomic mass is 35.5. The zero-order valence-electron chi connectivity index (χ0n) is 14.1. The van der Waals surface area contributed by atoms with E-state index in [1.165, 1.54) is 22.9 Å². The summed E-state index contributed by atoms with van der Waals surface area (Å²) in [6.07, 6.45) is 0.836. The van der Waals surface area contributed by atoms with E-state index in [4.69, 9.17) is 21.1 Å². The molecule has 0 spiro atoms. The summed E-state index contributed by atoms with van der Waals surface area (Å²) in [5.41, 5.74) is 1.93. The number of anilines is 1. The molecule has 0 radical (unpaired) electrons.